The lowest BCUT2D eigenvalue weighted by Crippen LogP contribution is -2.44. The number of amides is 3. The van der Waals surface area contributed by atoms with Gasteiger partial charge in [0.1, 0.15) is 0 Å². The molecule has 7 heteroatoms. The van der Waals surface area contributed by atoms with Gasteiger partial charge in [-0.25, -0.2) is 4.79 Å². The predicted octanol–water partition coefficient (Wildman–Crippen LogP) is -0.507. The van der Waals surface area contributed by atoms with Crippen molar-refractivity contribution >= 4 is 17.9 Å². The smallest absolute Gasteiger partial charge is 0.321 e. The zero-order valence-electron chi connectivity index (χ0n) is 11.0. The standard InChI is InChI=1S/C12H19N3O4/c1-3-5-13-12(18)14-10(16)8-15-6-4-9(7-15)11(17)19-2/h3,9H,1,4-8H2,2H3,(H2,13,14,16,18). The first-order chi connectivity index (χ1) is 9.06. The van der Waals surface area contributed by atoms with Gasteiger partial charge in [0.2, 0.25) is 5.91 Å². The molecular formula is C12H19N3O4. The second-order valence-electron chi connectivity index (χ2n) is 4.29. The van der Waals surface area contributed by atoms with E-state index in [2.05, 4.69) is 21.9 Å². The van der Waals surface area contributed by atoms with Crippen molar-refractivity contribution in [3.05, 3.63) is 12.7 Å². The molecule has 1 aliphatic rings. The first-order valence-electron chi connectivity index (χ1n) is 6.05. The van der Waals surface area contributed by atoms with Crippen LogP contribution in [0.2, 0.25) is 0 Å². The fraction of sp³-hybridized carbons (Fsp3) is 0.583. The van der Waals surface area contributed by atoms with Gasteiger partial charge in [-0.15, -0.1) is 6.58 Å². The van der Waals surface area contributed by atoms with Crippen molar-refractivity contribution in [1.82, 2.24) is 15.5 Å². The van der Waals surface area contributed by atoms with E-state index in [1.54, 1.807) is 0 Å². The highest BCUT2D eigenvalue weighted by atomic mass is 16.5. The molecule has 106 valence electrons. The van der Waals surface area contributed by atoms with E-state index in [0.29, 0.717) is 26.1 Å². The lowest BCUT2D eigenvalue weighted by Gasteiger charge is -2.14. The van der Waals surface area contributed by atoms with Gasteiger partial charge in [0.25, 0.3) is 0 Å². The molecule has 0 aromatic rings. The van der Waals surface area contributed by atoms with Crippen molar-refractivity contribution in [2.75, 3.05) is 33.3 Å². The van der Waals surface area contributed by atoms with E-state index in [1.165, 1.54) is 13.2 Å². The van der Waals surface area contributed by atoms with Gasteiger partial charge in [-0.2, -0.15) is 0 Å². The van der Waals surface area contributed by atoms with E-state index in [0.717, 1.165) is 0 Å². The Labute approximate surface area is 112 Å². The third kappa shape index (κ3) is 5.09. The number of esters is 1. The number of nitrogens with one attached hydrogen (secondary N) is 2. The summed E-state index contributed by atoms with van der Waals surface area (Å²) < 4.78 is 4.66. The molecule has 0 bridgehead atoms. The third-order valence-electron chi connectivity index (χ3n) is 2.83. The fourth-order valence-electron chi connectivity index (χ4n) is 1.91. The Kier molecular flexibility index (Phi) is 6.01. The molecule has 1 unspecified atom stereocenters. The van der Waals surface area contributed by atoms with Crippen LogP contribution in [0.5, 0.6) is 0 Å². The minimum atomic E-state index is -0.548. The molecule has 1 aliphatic heterocycles. The van der Waals surface area contributed by atoms with Crippen LogP contribution in [-0.2, 0) is 14.3 Å². The van der Waals surface area contributed by atoms with Gasteiger partial charge >= 0.3 is 12.0 Å². The third-order valence-corrected chi connectivity index (χ3v) is 2.83. The van der Waals surface area contributed by atoms with Crippen LogP contribution >= 0.6 is 0 Å². The van der Waals surface area contributed by atoms with Crippen LogP contribution in [0.3, 0.4) is 0 Å². The number of imide groups is 1. The van der Waals surface area contributed by atoms with Gasteiger partial charge in [-0.3, -0.25) is 19.8 Å². The van der Waals surface area contributed by atoms with Crippen LogP contribution in [-0.4, -0.2) is 56.1 Å². The molecule has 2 N–H and O–H groups in total. The lowest BCUT2D eigenvalue weighted by atomic mass is 10.1. The highest BCUT2D eigenvalue weighted by Gasteiger charge is 2.29. The zero-order chi connectivity index (χ0) is 14.3. The number of hydrogen-bond acceptors (Lipinski definition) is 5. The monoisotopic (exact) mass is 269 g/mol. The lowest BCUT2D eigenvalue weighted by molar-refractivity contribution is -0.145. The Hall–Kier alpha value is -1.89. The minimum absolute atomic E-state index is 0.0923. The number of carbonyl (C=O) groups is 3. The maximum absolute atomic E-state index is 11.6. The average molecular weight is 269 g/mol. The van der Waals surface area contributed by atoms with Crippen LogP contribution in [0.15, 0.2) is 12.7 Å². The summed E-state index contributed by atoms with van der Waals surface area (Å²) in [5.74, 6) is -0.842. The van der Waals surface area contributed by atoms with E-state index in [1.807, 2.05) is 4.90 Å². The highest BCUT2D eigenvalue weighted by Crippen LogP contribution is 2.16. The topological polar surface area (TPSA) is 87.7 Å². The molecule has 0 spiro atoms. The van der Waals surface area contributed by atoms with Crippen molar-refractivity contribution in [2.24, 2.45) is 5.92 Å². The molecule has 1 saturated heterocycles. The first-order valence-corrected chi connectivity index (χ1v) is 6.05. The fourth-order valence-corrected chi connectivity index (χ4v) is 1.91. The van der Waals surface area contributed by atoms with Crippen LogP contribution in [0.4, 0.5) is 4.79 Å². The molecule has 1 atom stereocenters. The number of methoxy groups -OCH3 is 1. The summed E-state index contributed by atoms with van der Waals surface area (Å²) in [6.45, 7) is 4.96. The molecule has 0 saturated carbocycles. The summed E-state index contributed by atoms with van der Waals surface area (Å²) >= 11 is 0. The van der Waals surface area contributed by atoms with Gasteiger partial charge in [0.05, 0.1) is 19.6 Å². The van der Waals surface area contributed by atoms with Crippen LogP contribution < -0.4 is 10.6 Å². The summed E-state index contributed by atoms with van der Waals surface area (Å²) in [6.07, 6.45) is 2.19. The van der Waals surface area contributed by atoms with Crippen molar-refractivity contribution in [3.63, 3.8) is 0 Å². The van der Waals surface area contributed by atoms with Gasteiger partial charge < -0.3 is 10.1 Å². The molecular weight excluding hydrogens is 250 g/mol. The molecule has 3 amide bonds. The second-order valence-corrected chi connectivity index (χ2v) is 4.29. The molecule has 0 aliphatic carbocycles. The summed E-state index contributed by atoms with van der Waals surface area (Å²) in [4.78, 5) is 35.9. The quantitative estimate of drug-likeness (QED) is 0.518. The number of likely N-dealkylation sites (tertiary alicyclic amines) is 1. The van der Waals surface area contributed by atoms with Crippen molar-refractivity contribution < 1.29 is 19.1 Å². The summed E-state index contributed by atoms with van der Waals surface area (Å²) in [5, 5.41) is 4.65. The van der Waals surface area contributed by atoms with Crippen molar-refractivity contribution in [3.8, 4) is 0 Å². The molecule has 1 fully saturated rings. The molecule has 0 aromatic carbocycles. The number of carbonyl (C=O) groups excluding carboxylic acids is 3. The van der Waals surface area contributed by atoms with Crippen molar-refractivity contribution in [2.45, 2.75) is 6.42 Å². The maximum Gasteiger partial charge on any atom is 0.321 e. The Morgan fingerprint density at radius 3 is 2.84 bits per heavy atom. The zero-order valence-corrected chi connectivity index (χ0v) is 11.0. The van der Waals surface area contributed by atoms with E-state index in [-0.39, 0.29) is 18.4 Å². The van der Waals surface area contributed by atoms with E-state index < -0.39 is 11.9 Å². The average Bonchev–Trinajstić information content (AvgIpc) is 2.83. The van der Waals surface area contributed by atoms with Crippen LogP contribution in [0.25, 0.3) is 0 Å². The minimum Gasteiger partial charge on any atom is -0.469 e. The summed E-state index contributed by atoms with van der Waals surface area (Å²) in [5.41, 5.74) is 0. The van der Waals surface area contributed by atoms with E-state index >= 15 is 0 Å². The van der Waals surface area contributed by atoms with Crippen molar-refractivity contribution in [1.29, 1.82) is 0 Å². The Balaban J connectivity index is 2.28. The second kappa shape index (κ2) is 7.52. The number of ether oxygens (including phenoxy) is 1. The maximum atomic E-state index is 11.6. The molecule has 7 nitrogen and oxygen atoms in total. The molecule has 1 rings (SSSR count). The predicted molar refractivity (Wildman–Crippen MR) is 68.3 cm³/mol. The number of nitrogens with zero attached hydrogens (tertiary/aromatic N) is 1. The summed E-state index contributed by atoms with van der Waals surface area (Å²) in [7, 11) is 1.35. The summed E-state index contributed by atoms with van der Waals surface area (Å²) in [6, 6.07) is -0.548. The number of rotatable bonds is 5. The normalized spacial score (nSPS) is 18.7. The Morgan fingerprint density at radius 2 is 2.21 bits per heavy atom. The Morgan fingerprint density at radius 1 is 1.47 bits per heavy atom. The van der Waals surface area contributed by atoms with Crippen LogP contribution in [0, 0.1) is 5.92 Å². The Bertz CT molecular complexity index is 370. The van der Waals surface area contributed by atoms with E-state index in [9.17, 15) is 14.4 Å². The molecule has 19 heavy (non-hydrogen) atoms. The van der Waals surface area contributed by atoms with Gasteiger partial charge in [0.15, 0.2) is 0 Å². The molecule has 0 aromatic heterocycles. The number of urea groups is 1. The molecule has 0 radical (unpaired) electrons. The first kappa shape index (κ1) is 15.2. The number of hydrogen-bond donors (Lipinski definition) is 2. The highest BCUT2D eigenvalue weighted by molar-refractivity contribution is 5.95. The largest absolute Gasteiger partial charge is 0.469 e. The van der Waals surface area contributed by atoms with Gasteiger partial charge in [0, 0.05) is 13.1 Å². The van der Waals surface area contributed by atoms with E-state index in [4.69, 9.17) is 0 Å². The van der Waals surface area contributed by atoms with Gasteiger partial charge in [-0.1, -0.05) is 6.08 Å². The SMILES string of the molecule is C=CCNC(=O)NC(=O)CN1CCC(C(=O)OC)C1. The van der Waals surface area contributed by atoms with Crippen LogP contribution in [0.1, 0.15) is 6.42 Å². The van der Waals surface area contributed by atoms with Gasteiger partial charge in [-0.05, 0) is 13.0 Å². The molecule has 1 heterocycles.